The highest BCUT2D eigenvalue weighted by Gasteiger charge is 2.17. The molecule has 1 N–H and O–H groups in total. The Kier molecular flexibility index (Phi) is 6.36. The fourth-order valence-electron chi connectivity index (χ4n) is 3.76. The predicted octanol–water partition coefficient (Wildman–Crippen LogP) is 6.17. The van der Waals surface area contributed by atoms with Crippen LogP contribution in [0.25, 0.3) is 27.7 Å². The second kappa shape index (κ2) is 9.53. The Morgan fingerprint density at radius 2 is 1.67 bits per heavy atom. The number of hydrogen-bond donors (Lipinski definition) is 1. The molecule has 3 aromatic carbocycles. The van der Waals surface area contributed by atoms with Gasteiger partial charge in [-0.05, 0) is 36.8 Å². The molecule has 0 aliphatic rings. The van der Waals surface area contributed by atoms with Crippen molar-refractivity contribution in [1.29, 1.82) is 0 Å². The Morgan fingerprint density at radius 1 is 0.879 bits per heavy atom. The van der Waals surface area contributed by atoms with Crippen molar-refractivity contribution >= 4 is 28.1 Å². The molecule has 33 heavy (non-hydrogen) atoms. The van der Waals surface area contributed by atoms with Crippen molar-refractivity contribution in [2.45, 2.75) is 6.92 Å². The molecule has 0 atom stereocenters. The lowest BCUT2D eigenvalue weighted by Crippen LogP contribution is -2.08. The number of anilines is 1. The normalized spacial score (nSPS) is 11.3. The van der Waals surface area contributed by atoms with Crippen LogP contribution in [0.3, 0.4) is 0 Å². The van der Waals surface area contributed by atoms with Gasteiger partial charge in [0.1, 0.15) is 22.8 Å². The van der Waals surface area contributed by atoms with Gasteiger partial charge >= 0.3 is 0 Å². The number of ether oxygens (including phenoxy) is 3. The lowest BCUT2D eigenvalue weighted by molar-refractivity contribution is -0.111. The van der Waals surface area contributed by atoms with Crippen LogP contribution in [0.15, 0.2) is 77.4 Å². The zero-order valence-electron chi connectivity index (χ0n) is 19.0. The number of fused-ring (bicyclic) bond motifs is 1. The van der Waals surface area contributed by atoms with E-state index in [1.807, 2.05) is 55.5 Å². The number of carbonyl (C=O) groups excluding carboxylic acids is 1. The van der Waals surface area contributed by atoms with E-state index < -0.39 is 0 Å². The van der Waals surface area contributed by atoms with Gasteiger partial charge in [0.05, 0.1) is 27.6 Å². The topological polar surface area (TPSA) is 69.9 Å². The Labute approximate surface area is 192 Å². The largest absolute Gasteiger partial charge is 0.497 e. The van der Waals surface area contributed by atoms with Gasteiger partial charge in [-0.1, -0.05) is 24.3 Å². The summed E-state index contributed by atoms with van der Waals surface area (Å²) < 4.78 is 22.1. The molecule has 6 heteroatoms. The molecule has 0 aliphatic heterocycles. The number of hydrogen-bond acceptors (Lipinski definition) is 5. The Morgan fingerprint density at radius 3 is 2.42 bits per heavy atom. The summed E-state index contributed by atoms with van der Waals surface area (Å²) in [4.78, 5) is 12.7. The van der Waals surface area contributed by atoms with Gasteiger partial charge in [-0.2, -0.15) is 0 Å². The van der Waals surface area contributed by atoms with Gasteiger partial charge in [0.25, 0.3) is 0 Å². The van der Waals surface area contributed by atoms with Crippen LogP contribution in [-0.2, 0) is 4.79 Å². The number of benzene rings is 3. The summed E-state index contributed by atoms with van der Waals surface area (Å²) >= 11 is 0. The fourth-order valence-corrected chi connectivity index (χ4v) is 3.76. The molecule has 1 heterocycles. The summed E-state index contributed by atoms with van der Waals surface area (Å²) in [5.41, 5.74) is 4.71. The van der Waals surface area contributed by atoms with Crippen molar-refractivity contribution in [3.63, 3.8) is 0 Å². The third-order valence-corrected chi connectivity index (χ3v) is 5.40. The van der Waals surface area contributed by atoms with Crippen molar-refractivity contribution in [2.24, 2.45) is 0 Å². The first-order chi connectivity index (χ1) is 16.0. The monoisotopic (exact) mass is 443 g/mol. The smallest absolute Gasteiger partial charge is 0.248 e. The molecule has 0 fully saturated rings. The minimum Gasteiger partial charge on any atom is -0.497 e. The molecule has 4 aromatic rings. The van der Waals surface area contributed by atoms with Crippen LogP contribution in [0, 0.1) is 0 Å². The van der Waals surface area contributed by atoms with E-state index in [1.54, 1.807) is 45.8 Å². The van der Waals surface area contributed by atoms with Gasteiger partial charge in [-0.15, -0.1) is 0 Å². The molecule has 0 spiro atoms. The molecule has 1 aromatic heterocycles. The second-order valence-corrected chi connectivity index (χ2v) is 7.45. The van der Waals surface area contributed by atoms with Crippen LogP contribution in [-0.4, -0.2) is 27.2 Å². The van der Waals surface area contributed by atoms with E-state index in [1.165, 1.54) is 0 Å². The van der Waals surface area contributed by atoms with Gasteiger partial charge in [-0.25, -0.2) is 0 Å². The molecule has 168 valence electrons. The molecular formula is C27H25NO5. The SMILES string of the molecule is COc1cccc(NC(=O)/C=C(\C)c2cc3c(-c4ccccc4OC)coc3cc2OC)c1. The number of carbonyl (C=O) groups is 1. The van der Waals surface area contributed by atoms with Crippen LogP contribution in [0.2, 0.25) is 0 Å². The number of methoxy groups -OCH3 is 3. The van der Waals surface area contributed by atoms with Crippen LogP contribution >= 0.6 is 0 Å². The Hall–Kier alpha value is -4.19. The number of para-hydroxylation sites is 1. The second-order valence-electron chi connectivity index (χ2n) is 7.45. The van der Waals surface area contributed by atoms with Crippen molar-refractivity contribution in [1.82, 2.24) is 0 Å². The maximum atomic E-state index is 12.7. The number of rotatable bonds is 7. The van der Waals surface area contributed by atoms with E-state index in [9.17, 15) is 4.79 Å². The number of amides is 1. The number of nitrogens with one attached hydrogen (secondary N) is 1. The van der Waals surface area contributed by atoms with Crippen molar-refractivity contribution in [3.05, 3.63) is 78.6 Å². The number of furan rings is 1. The quantitative estimate of drug-likeness (QED) is 0.346. The predicted molar refractivity (Wildman–Crippen MR) is 130 cm³/mol. The summed E-state index contributed by atoms with van der Waals surface area (Å²) in [6, 6.07) is 18.8. The summed E-state index contributed by atoms with van der Waals surface area (Å²) in [7, 11) is 4.82. The Balaban J connectivity index is 1.72. The first kappa shape index (κ1) is 22.0. The summed E-state index contributed by atoms with van der Waals surface area (Å²) in [5.74, 6) is 1.79. The molecule has 0 radical (unpaired) electrons. The van der Waals surface area contributed by atoms with E-state index >= 15 is 0 Å². The van der Waals surface area contributed by atoms with Gasteiger partial charge in [0.15, 0.2) is 0 Å². The zero-order chi connectivity index (χ0) is 23.4. The maximum absolute atomic E-state index is 12.7. The average Bonchev–Trinajstić information content (AvgIpc) is 3.25. The van der Waals surface area contributed by atoms with Crippen LogP contribution in [0.4, 0.5) is 5.69 Å². The van der Waals surface area contributed by atoms with Crippen LogP contribution in [0.5, 0.6) is 17.2 Å². The zero-order valence-corrected chi connectivity index (χ0v) is 19.0. The molecule has 6 nitrogen and oxygen atoms in total. The summed E-state index contributed by atoms with van der Waals surface area (Å²) in [6.45, 7) is 1.87. The molecule has 0 aliphatic carbocycles. The molecule has 4 rings (SSSR count). The Bertz CT molecular complexity index is 1340. The molecule has 0 saturated heterocycles. The highest BCUT2D eigenvalue weighted by Crippen LogP contribution is 2.40. The molecular weight excluding hydrogens is 418 g/mol. The van der Waals surface area contributed by atoms with Gasteiger partial charge in [0, 0.05) is 46.0 Å². The minimum absolute atomic E-state index is 0.250. The van der Waals surface area contributed by atoms with Crippen molar-refractivity contribution in [2.75, 3.05) is 26.6 Å². The maximum Gasteiger partial charge on any atom is 0.248 e. The molecule has 0 bridgehead atoms. The van der Waals surface area contributed by atoms with Crippen LogP contribution in [0.1, 0.15) is 12.5 Å². The lowest BCUT2D eigenvalue weighted by atomic mass is 9.98. The van der Waals surface area contributed by atoms with Gasteiger partial charge < -0.3 is 23.9 Å². The first-order valence-electron chi connectivity index (χ1n) is 10.4. The summed E-state index contributed by atoms with van der Waals surface area (Å²) in [5, 5.41) is 3.77. The standard InChI is InChI=1S/C27H25NO5/c1-17(12-27(29)28-18-8-7-9-19(13-18)30-2)21-14-22-23(16-33-26(22)15-25(21)32-4)20-10-5-6-11-24(20)31-3/h5-16H,1-4H3,(H,28,29)/b17-12+. The average molecular weight is 443 g/mol. The third kappa shape index (κ3) is 4.55. The van der Waals surface area contributed by atoms with Crippen molar-refractivity contribution in [3.8, 4) is 28.4 Å². The van der Waals surface area contributed by atoms with Crippen LogP contribution < -0.4 is 19.5 Å². The molecule has 0 saturated carbocycles. The van der Waals surface area contributed by atoms with E-state index in [0.717, 1.165) is 33.4 Å². The van der Waals surface area contributed by atoms with E-state index in [0.29, 0.717) is 22.8 Å². The third-order valence-electron chi connectivity index (χ3n) is 5.40. The van der Waals surface area contributed by atoms with E-state index in [2.05, 4.69) is 5.32 Å². The van der Waals surface area contributed by atoms with Gasteiger partial charge in [0.2, 0.25) is 5.91 Å². The molecule has 1 amide bonds. The molecule has 0 unspecified atom stereocenters. The van der Waals surface area contributed by atoms with Gasteiger partial charge in [-0.3, -0.25) is 4.79 Å². The van der Waals surface area contributed by atoms with E-state index in [4.69, 9.17) is 18.6 Å². The highest BCUT2D eigenvalue weighted by molar-refractivity contribution is 6.05. The minimum atomic E-state index is -0.250. The first-order valence-corrected chi connectivity index (χ1v) is 10.4. The number of allylic oxidation sites excluding steroid dienone is 1. The lowest BCUT2D eigenvalue weighted by Gasteiger charge is -2.11. The van der Waals surface area contributed by atoms with E-state index in [-0.39, 0.29) is 5.91 Å². The summed E-state index contributed by atoms with van der Waals surface area (Å²) in [6.07, 6.45) is 3.26. The highest BCUT2D eigenvalue weighted by atomic mass is 16.5. The fraction of sp³-hybridized carbons (Fsp3) is 0.148. The van der Waals surface area contributed by atoms with Crippen molar-refractivity contribution < 1.29 is 23.4 Å².